The largest absolute Gasteiger partial charge is 0.447 e. The summed E-state index contributed by atoms with van der Waals surface area (Å²) in [6.07, 6.45) is 2.79. The van der Waals surface area contributed by atoms with Crippen LogP contribution in [0.4, 0.5) is 4.79 Å². The quantitative estimate of drug-likeness (QED) is 0.894. The Labute approximate surface area is 144 Å². The van der Waals surface area contributed by atoms with Gasteiger partial charge in [-0.2, -0.15) is 5.26 Å². The molecule has 0 saturated carbocycles. The highest BCUT2D eigenvalue weighted by atomic mass is 16.6. The maximum atomic E-state index is 12.4. The van der Waals surface area contributed by atoms with E-state index in [2.05, 4.69) is 10.3 Å². The molecule has 2 amide bonds. The maximum absolute atomic E-state index is 12.4. The SMILES string of the molecule is N#Cc1ccc(CN2C(=O)OC[C@H]2C(=O)NCc2ccncc2)cc1. The van der Waals surface area contributed by atoms with Crippen LogP contribution < -0.4 is 5.32 Å². The van der Waals surface area contributed by atoms with Crippen molar-refractivity contribution in [1.82, 2.24) is 15.2 Å². The molecule has 3 rings (SSSR count). The minimum Gasteiger partial charge on any atom is -0.447 e. The molecule has 0 bridgehead atoms. The zero-order valence-corrected chi connectivity index (χ0v) is 13.4. The minimum absolute atomic E-state index is 0.0251. The summed E-state index contributed by atoms with van der Waals surface area (Å²) < 4.78 is 5.03. The average molecular weight is 336 g/mol. The number of carbonyl (C=O) groups is 2. The second-order valence-corrected chi connectivity index (χ2v) is 5.60. The van der Waals surface area contributed by atoms with Crippen LogP contribution in [0.5, 0.6) is 0 Å². The predicted molar refractivity (Wildman–Crippen MR) is 87.9 cm³/mol. The number of benzene rings is 1. The first-order valence-electron chi connectivity index (χ1n) is 7.76. The third-order valence-electron chi connectivity index (χ3n) is 3.93. The van der Waals surface area contributed by atoms with Crippen molar-refractivity contribution < 1.29 is 14.3 Å². The van der Waals surface area contributed by atoms with Gasteiger partial charge in [0, 0.05) is 18.9 Å². The van der Waals surface area contributed by atoms with Crippen LogP contribution in [0.2, 0.25) is 0 Å². The summed E-state index contributed by atoms with van der Waals surface area (Å²) in [5.41, 5.74) is 2.29. The summed E-state index contributed by atoms with van der Waals surface area (Å²) in [5.74, 6) is -0.267. The number of amides is 2. The first-order valence-corrected chi connectivity index (χ1v) is 7.76. The van der Waals surface area contributed by atoms with Crippen molar-refractivity contribution >= 4 is 12.0 Å². The van der Waals surface area contributed by atoms with E-state index in [9.17, 15) is 9.59 Å². The molecule has 0 spiro atoms. The maximum Gasteiger partial charge on any atom is 0.410 e. The Bertz CT molecular complexity index is 799. The third kappa shape index (κ3) is 3.93. The molecule has 7 heteroatoms. The highest BCUT2D eigenvalue weighted by Gasteiger charge is 2.37. The molecule has 1 aromatic heterocycles. The van der Waals surface area contributed by atoms with E-state index in [1.54, 1.807) is 36.7 Å². The predicted octanol–water partition coefficient (Wildman–Crippen LogP) is 1.59. The number of nitrogens with one attached hydrogen (secondary N) is 1. The molecule has 25 heavy (non-hydrogen) atoms. The molecule has 0 unspecified atom stereocenters. The van der Waals surface area contributed by atoms with Gasteiger partial charge in [0.15, 0.2) is 0 Å². The Morgan fingerprint density at radius 1 is 1.24 bits per heavy atom. The van der Waals surface area contributed by atoms with Crippen molar-refractivity contribution in [1.29, 1.82) is 5.26 Å². The summed E-state index contributed by atoms with van der Waals surface area (Å²) in [4.78, 5) is 29.7. The Morgan fingerprint density at radius 2 is 1.96 bits per heavy atom. The van der Waals surface area contributed by atoms with Crippen molar-refractivity contribution in [3.05, 3.63) is 65.5 Å². The molecule has 1 fully saturated rings. The van der Waals surface area contributed by atoms with E-state index >= 15 is 0 Å². The van der Waals surface area contributed by atoms with Crippen LogP contribution >= 0.6 is 0 Å². The van der Waals surface area contributed by atoms with Crippen LogP contribution in [0.3, 0.4) is 0 Å². The number of nitrogens with zero attached hydrogens (tertiary/aromatic N) is 3. The topological polar surface area (TPSA) is 95.3 Å². The van der Waals surface area contributed by atoms with Crippen LogP contribution in [0.25, 0.3) is 0 Å². The Hall–Kier alpha value is -3.40. The van der Waals surface area contributed by atoms with Gasteiger partial charge in [-0.3, -0.25) is 14.7 Å². The van der Waals surface area contributed by atoms with Crippen molar-refractivity contribution in [3.63, 3.8) is 0 Å². The van der Waals surface area contributed by atoms with Crippen LogP contribution in [-0.2, 0) is 22.6 Å². The van der Waals surface area contributed by atoms with Gasteiger partial charge in [-0.15, -0.1) is 0 Å². The average Bonchev–Trinajstić information content (AvgIpc) is 3.02. The summed E-state index contributed by atoms with van der Waals surface area (Å²) in [6.45, 7) is 0.631. The van der Waals surface area contributed by atoms with E-state index < -0.39 is 12.1 Å². The number of cyclic esters (lactones) is 1. The number of hydrogen-bond acceptors (Lipinski definition) is 5. The van der Waals surface area contributed by atoms with E-state index in [-0.39, 0.29) is 19.1 Å². The number of pyridine rings is 1. The van der Waals surface area contributed by atoms with Crippen molar-refractivity contribution in [3.8, 4) is 6.07 Å². The van der Waals surface area contributed by atoms with Gasteiger partial charge in [-0.05, 0) is 35.4 Å². The highest BCUT2D eigenvalue weighted by molar-refractivity contribution is 5.87. The molecule has 1 aromatic carbocycles. The van der Waals surface area contributed by atoms with Crippen molar-refractivity contribution in [2.24, 2.45) is 0 Å². The third-order valence-corrected chi connectivity index (χ3v) is 3.93. The number of aromatic nitrogens is 1. The lowest BCUT2D eigenvalue weighted by molar-refractivity contribution is -0.125. The number of hydrogen-bond donors (Lipinski definition) is 1. The molecule has 1 N–H and O–H groups in total. The molecule has 1 aliphatic heterocycles. The molecular formula is C18H16N4O3. The second-order valence-electron chi connectivity index (χ2n) is 5.60. The standard InChI is InChI=1S/C18H16N4O3/c19-9-13-1-3-15(4-2-13)11-22-16(12-25-18(22)24)17(23)21-10-14-5-7-20-8-6-14/h1-8,16H,10-12H2,(H,21,23)/t16-/m0/s1. The molecule has 1 aliphatic rings. The van der Waals surface area contributed by atoms with E-state index in [0.717, 1.165) is 11.1 Å². The second kappa shape index (κ2) is 7.45. The number of carbonyl (C=O) groups excluding carboxylic acids is 2. The number of nitriles is 1. The Balaban J connectivity index is 1.64. The van der Waals surface area contributed by atoms with Gasteiger partial charge in [0.1, 0.15) is 12.6 Å². The minimum atomic E-state index is -0.676. The first kappa shape index (κ1) is 16.5. The van der Waals surface area contributed by atoms with Gasteiger partial charge in [0.2, 0.25) is 5.91 Å². The Morgan fingerprint density at radius 3 is 2.64 bits per heavy atom. The first-order chi connectivity index (χ1) is 12.2. The summed E-state index contributed by atoms with van der Waals surface area (Å²) in [5, 5.41) is 11.6. The van der Waals surface area contributed by atoms with Gasteiger partial charge in [-0.25, -0.2) is 4.79 Å². The zero-order chi connectivity index (χ0) is 17.6. The van der Waals surface area contributed by atoms with E-state index in [4.69, 9.17) is 10.00 Å². The monoisotopic (exact) mass is 336 g/mol. The molecule has 126 valence electrons. The molecule has 2 heterocycles. The van der Waals surface area contributed by atoms with Crippen LogP contribution in [0.1, 0.15) is 16.7 Å². The number of ether oxygens (including phenoxy) is 1. The van der Waals surface area contributed by atoms with Gasteiger partial charge in [-0.1, -0.05) is 12.1 Å². The summed E-state index contributed by atoms with van der Waals surface area (Å²) in [7, 11) is 0. The lowest BCUT2D eigenvalue weighted by atomic mass is 10.1. The molecular weight excluding hydrogens is 320 g/mol. The van der Waals surface area contributed by atoms with Gasteiger partial charge in [0.05, 0.1) is 18.2 Å². The van der Waals surface area contributed by atoms with E-state index in [0.29, 0.717) is 12.1 Å². The molecule has 1 saturated heterocycles. The molecule has 1 atom stereocenters. The normalized spacial score (nSPS) is 16.2. The van der Waals surface area contributed by atoms with Crippen molar-refractivity contribution in [2.75, 3.05) is 6.61 Å². The fraction of sp³-hybridized carbons (Fsp3) is 0.222. The lowest BCUT2D eigenvalue weighted by Gasteiger charge is -2.21. The summed E-state index contributed by atoms with van der Waals surface area (Å²) >= 11 is 0. The molecule has 7 nitrogen and oxygen atoms in total. The molecule has 0 radical (unpaired) electrons. The van der Waals surface area contributed by atoms with Gasteiger partial charge in [0.25, 0.3) is 0 Å². The molecule has 2 aromatic rings. The molecule has 0 aliphatic carbocycles. The fourth-order valence-electron chi connectivity index (χ4n) is 2.53. The van der Waals surface area contributed by atoms with Crippen LogP contribution in [0.15, 0.2) is 48.8 Å². The lowest BCUT2D eigenvalue weighted by Crippen LogP contribution is -2.45. The van der Waals surface area contributed by atoms with Gasteiger partial charge >= 0.3 is 6.09 Å². The van der Waals surface area contributed by atoms with E-state index in [1.807, 2.05) is 18.2 Å². The van der Waals surface area contributed by atoms with Crippen LogP contribution in [0, 0.1) is 11.3 Å². The fourth-order valence-corrected chi connectivity index (χ4v) is 2.53. The number of rotatable bonds is 5. The van der Waals surface area contributed by atoms with E-state index in [1.165, 1.54) is 4.90 Å². The van der Waals surface area contributed by atoms with Crippen molar-refractivity contribution in [2.45, 2.75) is 19.1 Å². The summed E-state index contributed by atoms with van der Waals surface area (Å²) in [6, 6.07) is 11.9. The zero-order valence-electron chi connectivity index (χ0n) is 13.4. The van der Waals surface area contributed by atoms with Crippen LogP contribution in [-0.4, -0.2) is 34.5 Å². The smallest absolute Gasteiger partial charge is 0.410 e. The highest BCUT2D eigenvalue weighted by Crippen LogP contribution is 2.17. The van der Waals surface area contributed by atoms with Gasteiger partial charge < -0.3 is 10.1 Å². The Kier molecular flexibility index (Phi) is 4.90.